The lowest BCUT2D eigenvalue weighted by Gasteiger charge is -1.93. The number of fused-ring (bicyclic) bond motifs is 1. The molecule has 3 N–H and O–H groups in total. The van der Waals surface area contributed by atoms with E-state index in [9.17, 15) is 9.90 Å². The number of nitrogen functional groups attached to an aromatic ring is 1. The summed E-state index contributed by atoms with van der Waals surface area (Å²) in [5.74, 6) is -0.149. The third-order valence-corrected chi connectivity index (χ3v) is 3.16. The van der Waals surface area contributed by atoms with Crippen LogP contribution in [0.4, 0.5) is 5.69 Å². The molecular formula is C17H13NO3. The normalized spacial score (nSPS) is 11.2. The topological polar surface area (TPSA) is 76.5 Å². The molecule has 4 heteroatoms. The molecule has 0 amide bonds. The van der Waals surface area contributed by atoms with Crippen LogP contribution in [0.15, 0.2) is 59.0 Å². The molecule has 0 spiro atoms. The Labute approximate surface area is 121 Å². The van der Waals surface area contributed by atoms with Crippen LogP contribution < -0.4 is 5.73 Å². The standard InChI is InChI=1S/C17H13NO3/c18-16-13-10-12(19)7-9-15(13)21-17(16)14(20)8-6-11-4-2-1-3-5-11/h1-10,19H,18H2/b8-6+. The number of ketones is 1. The van der Waals surface area contributed by atoms with E-state index in [0.29, 0.717) is 11.0 Å². The molecule has 0 bridgehead atoms. The molecule has 0 atom stereocenters. The summed E-state index contributed by atoms with van der Waals surface area (Å²) in [5, 5.41) is 9.99. The monoisotopic (exact) mass is 279 g/mol. The highest BCUT2D eigenvalue weighted by atomic mass is 16.3. The number of aromatic hydroxyl groups is 1. The van der Waals surface area contributed by atoms with Gasteiger partial charge < -0.3 is 15.3 Å². The molecule has 4 nitrogen and oxygen atoms in total. The maximum Gasteiger partial charge on any atom is 0.223 e. The van der Waals surface area contributed by atoms with E-state index < -0.39 is 0 Å². The average molecular weight is 279 g/mol. The molecule has 104 valence electrons. The van der Waals surface area contributed by atoms with Gasteiger partial charge >= 0.3 is 0 Å². The minimum atomic E-state index is -0.313. The molecule has 0 radical (unpaired) electrons. The van der Waals surface area contributed by atoms with Gasteiger partial charge in [-0.1, -0.05) is 36.4 Å². The number of carbonyl (C=O) groups is 1. The van der Waals surface area contributed by atoms with Gasteiger partial charge in [0.25, 0.3) is 0 Å². The Hall–Kier alpha value is -3.01. The minimum absolute atomic E-state index is 0.0776. The predicted octanol–water partition coefficient (Wildman–Crippen LogP) is 3.62. The number of allylic oxidation sites excluding steroid dienone is 1. The molecule has 3 aromatic rings. The van der Waals surface area contributed by atoms with Gasteiger partial charge in [0, 0.05) is 5.39 Å². The SMILES string of the molecule is Nc1c(C(=O)/C=C/c2ccccc2)oc2ccc(O)cc12. The third-order valence-electron chi connectivity index (χ3n) is 3.16. The fourth-order valence-corrected chi connectivity index (χ4v) is 2.10. The molecule has 0 saturated carbocycles. The Kier molecular flexibility index (Phi) is 3.20. The molecular weight excluding hydrogens is 266 g/mol. The molecule has 2 aromatic carbocycles. The zero-order chi connectivity index (χ0) is 14.8. The number of benzene rings is 2. The van der Waals surface area contributed by atoms with Crippen LogP contribution in [0.5, 0.6) is 5.75 Å². The summed E-state index contributed by atoms with van der Waals surface area (Å²) in [5.41, 5.74) is 7.55. The number of nitrogens with two attached hydrogens (primary N) is 1. The van der Waals surface area contributed by atoms with Crippen LogP contribution >= 0.6 is 0 Å². The van der Waals surface area contributed by atoms with Crippen LogP contribution in [-0.2, 0) is 0 Å². The summed E-state index contributed by atoms with van der Waals surface area (Å²) in [6.45, 7) is 0. The van der Waals surface area contributed by atoms with Crippen LogP contribution in [-0.4, -0.2) is 10.9 Å². The van der Waals surface area contributed by atoms with E-state index in [4.69, 9.17) is 10.2 Å². The molecule has 21 heavy (non-hydrogen) atoms. The molecule has 0 unspecified atom stereocenters. The summed E-state index contributed by atoms with van der Waals surface area (Å²) in [4.78, 5) is 12.2. The smallest absolute Gasteiger partial charge is 0.223 e. The Morgan fingerprint density at radius 1 is 1.14 bits per heavy atom. The van der Waals surface area contributed by atoms with Crippen molar-refractivity contribution in [1.29, 1.82) is 0 Å². The largest absolute Gasteiger partial charge is 0.508 e. The van der Waals surface area contributed by atoms with Crippen molar-refractivity contribution in [1.82, 2.24) is 0 Å². The van der Waals surface area contributed by atoms with Gasteiger partial charge in [-0.05, 0) is 29.8 Å². The number of hydrogen-bond donors (Lipinski definition) is 2. The van der Waals surface area contributed by atoms with E-state index in [0.717, 1.165) is 5.56 Å². The Morgan fingerprint density at radius 2 is 1.90 bits per heavy atom. The lowest BCUT2D eigenvalue weighted by atomic mass is 10.1. The zero-order valence-electron chi connectivity index (χ0n) is 11.1. The van der Waals surface area contributed by atoms with E-state index in [-0.39, 0.29) is 23.0 Å². The van der Waals surface area contributed by atoms with Gasteiger partial charge in [-0.3, -0.25) is 4.79 Å². The zero-order valence-corrected chi connectivity index (χ0v) is 11.1. The van der Waals surface area contributed by atoms with Gasteiger partial charge in [-0.2, -0.15) is 0 Å². The maximum absolute atomic E-state index is 12.2. The van der Waals surface area contributed by atoms with Crippen molar-refractivity contribution in [2.75, 3.05) is 5.73 Å². The van der Waals surface area contributed by atoms with E-state index in [1.807, 2.05) is 30.3 Å². The van der Waals surface area contributed by atoms with Gasteiger partial charge in [0.1, 0.15) is 11.3 Å². The molecule has 0 aliphatic rings. The van der Waals surface area contributed by atoms with Crippen LogP contribution in [0.2, 0.25) is 0 Å². The number of hydrogen-bond acceptors (Lipinski definition) is 4. The van der Waals surface area contributed by atoms with Gasteiger partial charge in [-0.15, -0.1) is 0 Å². The summed E-state index contributed by atoms with van der Waals surface area (Å²) in [6.07, 6.45) is 3.12. The van der Waals surface area contributed by atoms with Crippen LogP contribution in [0.25, 0.3) is 17.0 Å². The molecule has 3 rings (SSSR count). The Morgan fingerprint density at radius 3 is 2.67 bits per heavy atom. The first kappa shape index (κ1) is 13.0. The highest BCUT2D eigenvalue weighted by Crippen LogP contribution is 2.31. The van der Waals surface area contributed by atoms with Crippen molar-refractivity contribution in [3.05, 3.63) is 65.9 Å². The second kappa shape index (κ2) is 5.17. The lowest BCUT2D eigenvalue weighted by Crippen LogP contribution is -1.97. The van der Waals surface area contributed by atoms with Gasteiger partial charge in [0.15, 0.2) is 5.76 Å². The number of furan rings is 1. The van der Waals surface area contributed by atoms with Crippen molar-refractivity contribution >= 4 is 28.5 Å². The average Bonchev–Trinajstić information content (AvgIpc) is 2.83. The van der Waals surface area contributed by atoms with E-state index in [2.05, 4.69) is 0 Å². The Balaban J connectivity index is 1.95. The van der Waals surface area contributed by atoms with Gasteiger partial charge in [0.2, 0.25) is 5.78 Å². The third kappa shape index (κ3) is 2.51. The number of carbonyl (C=O) groups excluding carboxylic acids is 1. The van der Waals surface area contributed by atoms with Crippen molar-refractivity contribution in [3.8, 4) is 5.75 Å². The molecule has 0 fully saturated rings. The van der Waals surface area contributed by atoms with Crippen molar-refractivity contribution < 1.29 is 14.3 Å². The van der Waals surface area contributed by atoms with Crippen molar-refractivity contribution in [2.45, 2.75) is 0 Å². The number of phenolic OH excluding ortho intramolecular Hbond substituents is 1. The number of rotatable bonds is 3. The summed E-state index contributed by atoms with van der Waals surface area (Å²) < 4.78 is 5.47. The molecule has 1 aromatic heterocycles. The van der Waals surface area contributed by atoms with Crippen LogP contribution in [0.1, 0.15) is 16.1 Å². The minimum Gasteiger partial charge on any atom is -0.508 e. The first-order chi connectivity index (χ1) is 10.1. The molecule has 0 aliphatic carbocycles. The lowest BCUT2D eigenvalue weighted by molar-refractivity contribution is 0.102. The fourth-order valence-electron chi connectivity index (χ4n) is 2.10. The first-order valence-electron chi connectivity index (χ1n) is 6.43. The Bertz CT molecular complexity index is 832. The fraction of sp³-hybridized carbons (Fsp3) is 0. The van der Waals surface area contributed by atoms with Crippen molar-refractivity contribution in [3.63, 3.8) is 0 Å². The molecule has 1 heterocycles. The number of anilines is 1. The van der Waals surface area contributed by atoms with E-state index >= 15 is 0 Å². The number of phenols is 1. The summed E-state index contributed by atoms with van der Waals surface area (Å²) in [6, 6.07) is 14.0. The first-order valence-corrected chi connectivity index (χ1v) is 6.43. The van der Waals surface area contributed by atoms with Crippen LogP contribution in [0.3, 0.4) is 0 Å². The second-order valence-electron chi connectivity index (χ2n) is 4.63. The highest BCUT2D eigenvalue weighted by molar-refractivity contribution is 6.12. The van der Waals surface area contributed by atoms with E-state index in [1.54, 1.807) is 12.1 Å². The second-order valence-corrected chi connectivity index (χ2v) is 4.63. The summed E-state index contributed by atoms with van der Waals surface area (Å²) in [7, 11) is 0. The quantitative estimate of drug-likeness (QED) is 0.567. The highest BCUT2D eigenvalue weighted by Gasteiger charge is 2.16. The van der Waals surface area contributed by atoms with Gasteiger partial charge in [0.05, 0.1) is 5.69 Å². The molecule has 0 saturated heterocycles. The summed E-state index contributed by atoms with van der Waals surface area (Å²) >= 11 is 0. The van der Waals surface area contributed by atoms with E-state index in [1.165, 1.54) is 18.2 Å². The predicted molar refractivity (Wildman–Crippen MR) is 82.1 cm³/mol. The van der Waals surface area contributed by atoms with Crippen LogP contribution in [0, 0.1) is 0 Å². The van der Waals surface area contributed by atoms with Gasteiger partial charge in [-0.25, -0.2) is 0 Å². The maximum atomic E-state index is 12.2. The van der Waals surface area contributed by atoms with Crippen molar-refractivity contribution in [2.24, 2.45) is 0 Å². The molecule has 0 aliphatic heterocycles.